The van der Waals surface area contributed by atoms with E-state index in [1.807, 2.05) is 6.92 Å². The number of amides is 2. The minimum absolute atomic E-state index is 0.0745. The first-order chi connectivity index (χ1) is 13.7. The highest BCUT2D eigenvalue weighted by molar-refractivity contribution is 7.88. The summed E-state index contributed by atoms with van der Waals surface area (Å²) in [5, 5.41) is 0.369. The lowest BCUT2D eigenvalue weighted by molar-refractivity contribution is -0.123. The van der Waals surface area contributed by atoms with Crippen molar-refractivity contribution in [2.75, 3.05) is 6.54 Å². The van der Waals surface area contributed by atoms with E-state index < -0.39 is 21.8 Å². The van der Waals surface area contributed by atoms with Crippen LogP contribution in [0.4, 0.5) is 5.69 Å². The number of likely N-dealkylation sites (tertiary alicyclic amines) is 1. The lowest BCUT2D eigenvalue weighted by Gasteiger charge is -2.37. The third kappa shape index (κ3) is 4.95. The Balaban J connectivity index is 1.91. The number of piperidine rings is 1. The molecule has 1 fully saturated rings. The fraction of sp³-hybridized carbons (Fsp3) is 0.300. The molecule has 1 aliphatic heterocycles. The summed E-state index contributed by atoms with van der Waals surface area (Å²) >= 11 is 5.88. The molecule has 2 aromatic rings. The van der Waals surface area contributed by atoms with Gasteiger partial charge in [0.05, 0.1) is 11.6 Å². The molecule has 1 unspecified atom stereocenters. The number of benzene rings is 2. The van der Waals surface area contributed by atoms with Crippen molar-refractivity contribution in [3.8, 4) is 0 Å². The van der Waals surface area contributed by atoms with Crippen LogP contribution in [0.15, 0.2) is 57.8 Å². The molecule has 2 N–H and O–H groups in total. The van der Waals surface area contributed by atoms with Crippen molar-refractivity contribution in [3.63, 3.8) is 0 Å². The van der Waals surface area contributed by atoms with E-state index in [1.165, 1.54) is 30.3 Å². The van der Waals surface area contributed by atoms with Gasteiger partial charge in [0.2, 0.25) is 5.91 Å². The maximum absolute atomic E-state index is 13.0. The van der Waals surface area contributed by atoms with E-state index in [1.54, 1.807) is 23.1 Å². The molecule has 0 aromatic heterocycles. The Morgan fingerprint density at radius 2 is 1.93 bits per heavy atom. The van der Waals surface area contributed by atoms with Gasteiger partial charge >= 0.3 is 0 Å². The van der Waals surface area contributed by atoms with Crippen molar-refractivity contribution in [1.82, 2.24) is 4.90 Å². The molecule has 2 aromatic carbocycles. The Hall–Kier alpha value is -2.42. The summed E-state index contributed by atoms with van der Waals surface area (Å²) in [5.41, 5.74) is 5.81. The molecule has 0 aliphatic carbocycles. The number of hydrogen-bond donors (Lipinski definition) is 1. The Labute approximate surface area is 174 Å². The van der Waals surface area contributed by atoms with E-state index in [9.17, 15) is 18.4 Å². The molecule has 1 aliphatic rings. The van der Waals surface area contributed by atoms with Crippen molar-refractivity contribution in [2.45, 2.75) is 30.7 Å². The van der Waals surface area contributed by atoms with Gasteiger partial charge in [0, 0.05) is 38.1 Å². The van der Waals surface area contributed by atoms with Gasteiger partial charge in [-0.3, -0.25) is 13.8 Å². The van der Waals surface area contributed by atoms with Gasteiger partial charge in [-0.1, -0.05) is 23.7 Å². The zero-order chi connectivity index (χ0) is 21.2. The second-order valence-electron chi connectivity index (χ2n) is 7.06. The number of nitrogens with two attached hydrogens (primary N) is 1. The van der Waals surface area contributed by atoms with Crippen molar-refractivity contribution in [2.24, 2.45) is 16.0 Å². The van der Waals surface area contributed by atoms with Crippen LogP contribution in [0, 0.1) is 5.92 Å². The highest BCUT2D eigenvalue weighted by Gasteiger charge is 2.32. The summed E-state index contributed by atoms with van der Waals surface area (Å²) in [4.78, 5) is 26.0. The van der Waals surface area contributed by atoms with Gasteiger partial charge in [0.25, 0.3) is 5.91 Å². The Morgan fingerprint density at radius 1 is 1.21 bits per heavy atom. The van der Waals surface area contributed by atoms with Gasteiger partial charge in [-0.05, 0) is 56.2 Å². The second kappa shape index (κ2) is 8.52. The van der Waals surface area contributed by atoms with E-state index in [-0.39, 0.29) is 34.6 Å². The summed E-state index contributed by atoms with van der Waals surface area (Å²) in [5.74, 6) is -1.19. The highest BCUT2D eigenvalue weighted by Crippen LogP contribution is 2.26. The van der Waals surface area contributed by atoms with Crippen molar-refractivity contribution >= 4 is 39.1 Å². The molecule has 1 heterocycles. The second-order valence-corrected chi connectivity index (χ2v) is 9.10. The third-order valence-corrected chi connectivity index (χ3v) is 6.49. The normalized spacial score (nSPS) is 21.3. The highest BCUT2D eigenvalue weighted by atomic mass is 35.5. The molecule has 1 saturated heterocycles. The topological polar surface area (TPSA) is 116 Å². The van der Waals surface area contributed by atoms with Crippen LogP contribution < -0.4 is 5.73 Å². The SMILES string of the molecule is C[C@H]1CC[C@H](C(N)=O)CN1C(=O)c1cccc(S(=O)([O-])=Nc2cccc(Cl)c2)c1. The molecule has 0 bridgehead atoms. The molecule has 7 nitrogen and oxygen atoms in total. The largest absolute Gasteiger partial charge is 0.760 e. The molecule has 9 heteroatoms. The Bertz CT molecular complexity index is 1070. The lowest BCUT2D eigenvalue weighted by Crippen LogP contribution is -2.48. The van der Waals surface area contributed by atoms with Crippen molar-refractivity contribution in [1.29, 1.82) is 0 Å². The first kappa shape index (κ1) is 21.3. The van der Waals surface area contributed by atoms with Gasteiger partial charge in [-0.15, -0.1) is 0 Å². The molecular weight excluding hydrogens is 414 g/mol. The molecule has 154 valence electrons. The van der Waals surface area contributed by atoms with E-state index >= 15 is 0 Å². The number of carbonyl (C=O) groups is 2. The van der Waals surface area contributed by atoms with Crippen molar-refractivity contribution < 1.29 is 18.4 Å². The Kier molecular flexibility index (Phi) is 6.26. The number of rotatable bonds is 4. The third-order valence-electron chi connectivity index (χ3n) is 4.96. The minimum Gasteiger partial charge on any atom is -0.760 e. The van der Waals surface area contributed by atoms with E-state index in [4.69, 9.17) is 17.3 Å². The summed E-state index contributed by atoms with van der Waals surface area (Å²) in [6.45, 7) is 2.11. The zero-order valence-electron chi connectivity index (χ0n) is 15.8. The predicted molar refractivity (Wildman–Crippen MR) is 110 cm³/mol. The first-order valence-corrected chi connectivity index (χ1v) is 10.9. The lowest BCUT2D eigenvalue weighted by atomic mass is 9.92. The number of carbonyl (C=O) groups excluding carboxylic acids is 2. The van der Waals surface area contributed by atoms with E-state index in [0.717, 1.165) is 0 Å². The van der Waals surface area contributed by atoms with Crippen molar-refractivity contribution in [3.05, 3.63) is 59.1 Å². The number of nitrogens with zero attached hydrogens (tertiary/aromatic N) is 2. The molecule has 29 heavy (non-hydrogen) atoms. The fourth-order valence-electron chi connectivity index (χ4n) is 3.30. The van der Waals surface area contributed by atoms with Crippen LogP contribution in [0.2, 0.25) is 5.02 Å². The van der Waals surface area contributed by atoms with Crippen LogP contribution in [-0.4, -0.2) is 38.1 Å². The quantitative estimate of drug-likeness (QED) is 0.793. The van der Waals surface area contributed by atoms with Crippen LogP contribution in [0.1, 0.15) is 30.1 Å². The van der Waals surface area contributed by atoms with Crippen LogP contribution in [0.25, 0.3) is 0 Å². The molecule has 0 saturated carbocycles. The summed E-state index contributed by atoms with van der Waals surface area (Å²) in [6.07, 6.45) is 1.29. The molecule has 2 amide bonds. The van der Waals surface area contributed by atoms with Crippen LogP contribution in [0.3, 0.4) is 0 Å². The molecule has 3 rings (SSSR count). The summed E-state index contributed by atoms with van der Waals surface area (Å²) in [7, 11) is -4.03. The number of hydrogen-bond acceptors (Lipinski definition) is 5. The maximum Gasteiger partial charge on any atom is 0.254 e. The molecule has 0 spiro atoms. The van der Waals surface area contributed by atoms with E-state index in [2.05, 4.69) is 4.36 Å². The standard InChI is InChI=1S/C20H22ClN3O4S/c1-13-8-9-15(19(22)25)12-24(13)20(26)14-4-2-7-18(10-14)29(27,28)23-17-6-3-5-16(21)11-17/h2-7,10-11,13,15H,8-9,12H2,1H3,(H2,22,25)(H,23,27,28)/p-1/t13-,15-/m0/s1. The maximum atomic E-state index is 13.0. The van der Waals surface area contributed by atoms with Crippen LogP contribution in [0.5, 0.6) is 0 Å². The summed E-state index contributed by atoms with van der Waals surface area (Å²) < 4.78 is 29.1. The predicted octanol–water partition coefficient (Wildman–Crippen LogP) is 3.36. The van der Waals surface area contributed by atoms with Gasteiger partial charge in [0.1, 0.15) is 0 Å². The summed E-state index contributed by atoms with van der Waals surface area (Å²) in [6, 6.07) is 11.8. The monoisotopic (exact) mass is 434 g/mol. The molecule has 0 radical (unpaired) electrons. The zero-order valence-corrected chi connectivity index (χ0v) is 17.4. The number of halogens is 1. The average Bonchev–Trinajstić information content (AvgIpc) is 2.67. The molecular formula is C20H21ClN3O4S-. The Morgan fingerprint density at radius 3 is 2.62 bits per heavy atom. The van der Waals surface area contributed by atoms with Crippen LogP contribution in [-0.2, 0) is 14.8 Å². The average molecular weight is 435 g/mol. The van der Waals surface area contributed by atoms with Crippen LogP contribution >= 0.6 is 11.6 Å². The van der Waals surface area contributed by atoms with Gasteiger partial charge < -0.3 is 15.2 Å². The fourth-order valence-corrected chi connectivity index (χ4v) is 4.51. The first-order valence-electron chi connectivity index (χ1n) is 9.11. The minimum atomic E-state index is -4.03. The number of primary amides is 1. The van der Waals surface area contributed by atoms with Gasteiger partial charge in [-0.2, -0.15) is 0 Å². The van der Waals surface area contributed by atoms with E-state index in [0.29, 0.717) is 17.9 Å². The molecule has 3 atom stereocenters. The van der Waals surface area contributed by atoms with Gasteiger partial charge in [0.15, 0.2) is 0 Å². The van der Waals surface area contributed by atoms with Gasteiger partial charge in [-0.25, -0.2) is 4.36 Å². The smallest absolute Gasteiger partial charge is 0.254 e.